The summed E-state index contributed by atoms with van der Waals surface area (Å²) in [4.78, 5) is 0.697. The topological polar surface area (TPSA) is 35.2 Å². The third-order valence-corrected chi connectivity index (χ3v) is 3.43. The summed E-state index contributed by atoms with van der Waals surface area (Å²) in [6.07, 6.45) is 0. The molecule has 0 unspecified atom stereocenters. The molecular weight excluding hydrogens is 268 g/mol. The van der Waals surface area contributed by atoms with Gasteiger partial charge in [0.25, 0.3) is 0 Å². The normalized spacial score (nSPS) is 10.4. The van der Waals surface area contributed by atoms with Crippen molar-refractivity contribution in [3.8, 4) is 5.75 Å². The molecule has 0 aliphatic heterocycles. The lowest BCUT2D eigenvalue weighted by atomic mass is 10.3. The van der Waals surface area contributed by atoms with Crippen molar-refractivity contribution in [2.75, 3.05) is 18.1 Å². The van der Waals surface area contributed by atoms with Crippen LogP contribution < -0.4 is 10.5 Å². The zero-order chi connectivity index (χ0) is 13.7. The predicted molar refractivity (Wildman–Crippen MR) is 73.4 cm³/mol. The Bertz CT molecular complexity index is 546. The summed E-state index contributed by atoms with van der Waals surface area (Å²) in [5, 5.41) is 0. The van der Waals surface area contributed by atoms with Gasteiger partial charge < -0.3 is 10.5 Å². The molecule has 0 amide bonds. The van der Waals surface area contributed by atoms with Gasteiger partial charge in [-0.05, 0) is 42.5 Å². The van der Waals surface area contributed by atoms with Crippen molar-refractivity contribution in [2.45, 2.75) is 4.90 Å². The standard InChI is InChI=1S/C14H13F2NOS/c15-10-1-4-12(5-2-10)18-7-8-19-14-9-11(16)3-6-13(14)17/h1-6,9H,7-8,17H2. The third kappa shape index (κ3) is 4.13. The van der Waals surface area contributed by atoms with Gasteiger partial charge in [-0.2, -0.15) is 0 Å². The lowest BCUT2D eigenvalue weighted by Crippen LogP contribution is -2.00. The van der Waals surface area contributed by atoms with Gasteiger partial charge in [-0.1, -0.05) is 0 Å². The average Bonchev–Trinajstić information content (AvgIpc) is 2.40. The fourth-order valence-corrected chi connectivity index (χ4v) is 2.29. The zero-order valence-corrected chi connectivity index (χ0v) is 10.9. The van der Waals surface area contributed by atoms with Crippen molar-refractivity contribution in [2.24, 2.45) is 0 Å². The summed E-state index contributed by atoms with van der Waals surface area (Å²) in [5.41, 5.74) is 6.28. The molecule has 2 aromatic rings. The van der Waals surface area contributed by atoms with Crippen LogP contribution in [-0.2, 0) is 0 Å². The number of nitrogen functional groups attached to an aromatic ring is 1. The van der Waals surface area contributed by atoms with Crippen molar-refractivity contribution in [3.05, 3.63) is 54.1 Å². The van der Waals surface area contributed by atoms with Crippen LogP contribution in [0.25, 0.3) is 0 Å². The van der Waals surface area contributed by atoms with E-state index < -0.39 is 0 Å². The maximum Gasteiger partial charge on any atom is 0.124 e. The third-order valence-electron chi connectivity index (χ3n) is 2.40. The Morgan fingerprint density at radius 3 is 2.42 bits per heavy atom. The molecule has 0 bridgehead atoms. The SMILES string of the molecule is Nc1ccc(F)cc1SCCOc1ccc(F)cc1. The number of hydrogen-bond donors (Lipinski definition) is 1. The highest BCUT2D eigenvalue weighted by Crippen LogP contribution is 2.25. The van der Waals surface area contributed by atoms with Gasteiger partial charge >= 0.3 is 0 Å². The second-order valence-electron chi connectivity index (χ2n) is 3.83. The molecular formula is C14H13F2NOS. The molecule has 2 N–H and O–H groups in total. The van der Waals surface area contributed by atoms with Crippen molar-refractivity contribution in [1.29, 1.82) is 0 Å². The Kier molecular flexibility index (Phi) is 4.63. The molecule has 0 heterocycles. The molecule has 2 aromatic carbocycles. The summed E-state index contributed by atoms with van der Waals surface area (Å²) in [5.74, 6) is 0.630. The molecule has 100 valence electrons. The quantitative estimate of drug-likeness (QED) is 0.515. The van der Waals surface area contributed by atoms with E-state index in [1.807, 2.05) is 0 Å². The first kappa shape index (κ1) is 13.7. The Morgan fingerprint density at radius 1 is 1.00 bits per heavy atom. The Hall–Kier alpha value is -1.75. The second kappa shape index (κ2) is 6.43. The number of anilines is 1. The van der Waals surface area contributed by atoms with E-state index in [2.05, 4.69) is 0 Å². The van der Waals surface area contributed by atoms with Crippen LogP contribution in [0.2, 0.25) is 0 Å². The lowest BCUT2D eigenvalue weighted by molar-refractivity contribution is 0.343. The minimum atomic E-state index is -0.309. The number of thioether (sulfide) groups is 1. The Balaban J connectivity index is 1.80. The highest BCUT2D eigenvalue weighted by molar-refractivity contribution is 7.99. The van der Waals surface area contributed by atoms with E-state index in [1.54, 1.807) is 18.2 Å². The highest BCUT2D eigenvalue weighted by atomic mass is 32.2. The van der Waals surface area contributed by atoms with Crippen LogP contribution in [0, 0.1) is 11.6 Å². The molecule has 0 spiro atoms. The molecule has 19 heavy (non-hydrogen) atoms. The summed E-state index contributed by atoms with van der Waals surface area (Å²) in [6.45, 7) is 0.437. The van der Waals surface area contributed by atoms with Gasteiger partial charge in [-0.15, -0.1) is 11.8 Å². The molecule has 5 heteroatoms. The van der Waals surface area contributed by atoms with E-state index in [1.165, 1.54) is 36.0 Å². The van der Waals surface area contributed by atoms with Crippen molar-refractivity contribution in [1.82, 2.24) is 0 Å². The van der Waals surface area contributed by atoms with Gasteiger partial charge in [-0.25, -0.2) is 8.78 Å². The number of nitrogens with two attached hydrogens (primary N) is 1. The highest BCUT2D eigenvalue weighted by Gasteiger charge is 2.02. The fourth-order valence-electron chi connectivity index (χ4n) is 1.48. The van der Waals surface area contributed by atoms with Crippen molar-refractivity contribution < 1.29 is 13.5 Å². The first-order valence-corrected chi connectivity index (χ1v) is 6.70. The number of benzene rings is 2. The molecule has 0 fully saturated rings. The fraction of sp³-hybridized carbons (Fsp3) is 0.143. The number of rotatable bonds is 5. The summed E-state index contributed by atoms with van der Waals surface area (Å²) in [7, 11) is 0. The van der Waals surface area contributed by atoms with Gasteiger partial charge in [0, 0.05) is 16.3 Å². The molecule has 2 nitrogen and oxygen atoms in total. The van der Waals surface area contributed by atoms with Crippen LogP contribution in [0.15, 0.2) is 47.4 Å². The van der Waals surface area contributed by atoms with Gasteiger partial charge in [0.1, 0.15) is 17.4 Å². The van der Waals surface area contributed by atoms with Crippen molar-refractivity contribution in [3.63, 3.8) is 0 Å². The minimum absolute atomic E-state index is 0.297. The largest absolute Gasteiger partial charge is 0.493 e. The number of ether oxygens (including phenoxy) is 1. The summed E-state index contributed by atoms with van der Waals surface area (Å²) < 4.78 is 31.1. The molecule has 0 saturated carbocycles. The van der Waals surface area contributed by atoms with Crippen molar-refractivity contribution >= 4 is 17.4 Å². The number of hydrogen-bond acceptors (Lipinski definition) is 3. The van der Waals surface area contributed by atoms with Crippen LogP contribution in [0.5, 0.6) is 5.75 Å². The second-order valence-corrected chi connectivity index (χ2v) is 4.97. The Labute approximate surface area is 114 Å². The minimum Gasteiger partial charge on any atom is -0.493 e. The summed E-state index contributed by atoms with van der Waals surface area (Å²) in [6, 6.07) is 10.1. The predicted octanol–water partition coefficient (Wildman–Crippen LogP) is 3.72. The maximum absolute atomic E-state index is 13.0. The first-order chi connectivity index (χ1) is 9.15. The van der Waals surface area contributed by atoms with E-state index in [-0.39, 0.29) is 11.6 Å². The first-order valence-electron chi connectivity index (χ1n) is 5.71. The van der Waals surface area contributed by atoms with E-state index in [9.17, 15) is 8.78 Å². The number of halogens is 2. The van der Waals surface area contributed by atoms with Crippen LogP contribution in [0.4, 0.5) is 14.5 Å². The monoisotopic (exact) mass is 281 g/mol. The van der Waals surface area contributed by atoms with Gasteiger partial charge in [0.05, 0.1) is 6.61 Å². The molecule has 0 saturated heterocycles. The smallest absolute Gasteiger partial charge is 0.124 e. The van der Waals surface area contributed by atoms with Crippen LogP contribution in [-0.4, -0.2) is 12.4 Å². The van der Waals surface area contributed by atoms with Gasteiger partial charge in [0.15, 0.2) is 0 Å². The van der Waals surface area contributed by atoms with Crippen LogP contribution in [0.1, 0.15) is 0 Å². The van der Waals surface area contributed by atoms with E-state index >= 15 is 0 Å². The summed E-state index contributed by atoms with van der Waals surface area (Å²) >= 11 is 1.42. The molecule has 2 rings (SSSR count). The molecule has 0 radical (unpaired) electrons. The molecule has 0 atom stereocenters. The van der Waals surface area contributed by atoms with E-state index in [4.69, 9.17) is 10.5 Å². The Morgan fingerprint density at radius 2 is 1.68 bits per heavy atom. The lowest BCUT2D eigenvalue weighted by Gasteiger charge is -2.07. The average molecular weight is 281 g/mol. The molecule has 0 aliphatic rings. The van der Waals surface area contributed by atoms with E-state index in [0.29, 0.717) is 28.7 Å². The van der Waals surface area contributed by atoms with E-state index in [0.717, 1.165) is 0 Å². The van der Waals surface area contributed by atoms with Crippen LogP contribution in [0.3, 0.4) is 0 Å². The molecule has 0 aliphatic carbocycles. The van der Waals surface area contributed by atoms with Crippen LogP contribution >= 0.6 is 11.8 Å². The maximum atomic E-state index is 13.0. The van der Waals surface area contributed by atoms with Gasteiger partial charge in [0.2, 0.25) is 0 Å². The molecule has 0 aromatic heterocycles. The zero-order valence-electron chi connectivity index (χ0n) is 10.1. The van der Waals surface area contributed by atoms with Gasteiger partial charge in [-0.3, -0.25) is 0 Å².